The number of hydrogen-bond acceptors (Lipinski definition) is 3. The molecule has 4 rings (SSSR count). The Morgan fingerprint density at radius 1 is 1.21 bits per heavy atom. The van der Waals surface area contributed by atoms with Gasteiger partial charge in [0.25, 0.3) is 0 Å². The normalized spacial score (nSPS) is 21.1. The van der Waals surface area contributed by atoms with Crippen LogP contribution < -0.4 is 0 Å². The Labute approximate surface area is 142 Å². The third-order valence-electron chi connectivity index (χ3n) is 5.02. The molecule has 0 bridgehead atoms. The number of aryl methyl sites for hydroxylation is 1. The molecule has 0 N–H and O–H groups in total. The second kappa shape index (κ2) is 6.06. The minimum Gasteiger partial charge on any atom is -0.377 e. The van der Waals surface area contributed by atoms with Crippen LogP contribution in [0.2, 0.25) is 0 Å². The second-order valence-electron chi connectivity index (χ2n) is 6.73. The highest BCUT2D eigenvalue weighted by Gasteiger charge is 2.39. The minimum absolute atomic E-state index is 0.0238. The molecule has 1 aliphatic carbocycles. The van der Waals surface area contributed by atoms with Gasteiger partial charge in [-0.05, 0) is 38.8 Å². The molecule has 126 valence electrons. The molecule has 1 unspecified atom stereocenters. The van der Waals surface area contributed by atoms with Crippen molar-refractivity contribution in [1.29, 1.82) is 0 Å². The van der Waals surface area contributed by atoms with Gasteiger partial charge < -0.3 is 9.64 Å². The van der Waals surface area contributed by atoms with Crippen molar-refractivity contribution in [3.8, 4) is 5.69 Å². The van der Waals surface area contributed by atoms with Gasteiger partial charge in [-0.15, -0.1) is 0 Å². The van der Waals surface area contributed by atoms with Crippen LogP contribution in [0.1, 0.15) is 35.8 Å². The first-order valence-electron chi connectivity index (χ1n) is 8.66. The summed E-state index contributed by atoms with van der Waals surface area (Å²) < 4.78 is 7.68. The zero-order chi connectivity index (χ0) is 16.7. The fourth-order valence-corrected chi connectivity index (χ4v) is 3.63. The molecular formula is C19H23N3O2. The zero-order valence-electron chi connectivity index (χ0n) is 14.2. The van der Waals surface area contributed by atoms with E-state index in [9.17, 15) is 4.79 Å². The summed E-state index contributed by atoms with van der Waals surface area (Å²) in [6, 6.07) is 10.1. The van der Waals surface area contributed by atoms with Crippen molar-refractivity contribution in [3.05, 3.63) is 47.3 Å². The molecule has 1 saturated heterocycles. The van der Waals surface area contributed by atoms with Gasteiger partial charge in [0.15, 0.2) is 0 Å². The Balaban J connectivity index is 1.72. The van der Waals surface area contributed by atoms with Crippen molar-refractivity contribution < 1.29 is 9.53 Å². The molecule has 2 fully saturated rings. The molecule has 2 aromatic rings. The second-order valence-corrected chi connectivity index (χ2v) is 6.73. The lowest BCUT2D eigenvalue weighted by Crippen LogP contribution is -2.44. The summed E-state index contributed by atoms with van der Waals surface area (Å²) in [5.41, 5.74) is 4.23. The van der Waals surface area contributed by atoms with E-state index in [0.29, 0.717) is 19.8 Å². The first-order valence-corrected chi connectivity index (χ1v) is 8.66. The van der Waals surface area contributed by atoms with Crippen molar-refractivity contribution in [2.45, 2.75) is 32.7 Å². The van der Waals surface area contributed by atoms with Crippen molar-refractivity contribution in [3.63, 3.8) is 0 Å². The highest BCUT2D eigenvalue weighted by atomic mass is 16.5. The van der Waals surface area contributed by atoms with Crippen LogP contribution in [-0.2, 0) is 9.53 Å². The van der Waals surface area contributed by atoms with E-state index in [1.165, 1.54) is 0 Å². The molecule has 1 saturated carbocycles. The maximum Gasteiger partial charge on any atom is 0.226 e. The van der Waals surface area contributed by atoms with Crippen LogP contribution in [0.3, 0.4) is 0 Å². The highest BCUT2D eigenvalue weighted by Crippen LogP contribution is 2.37. The molecule has 1 atom stereocenters. The SMILES string of the molecule is Cc1nn(-c2ccccc2)c(C)c1C1COCCN1C(=O)C1CC1. The third-order valence-corrected chi connectivity index (χ3v) is 5.02. The number of benzene rings is 1. The van der Waals surface area contributed by atoms with E-state index in [1.807, 2.05) is 46.8 Å². The molecule has 5 heteroatoms. The smallest absolute Gasteiger partial charge is 0.226 e. The number of carbonyl (C=O) groups excluding carboxylic acids is 1. The molecule has 24 heavy (non-hydrogen) atoms. The van der Waals surface area contributed by atoms with E-state index in [2.05, 4.69) is 6.92 Å². The lowest BCUT2D eigenvalue weighted by molar-refractivity contribution is -0.141. The van der Waals surface area contributed by atoms with E-state index < -0.39 is 0 Å². The Bertz CT molecular complexity index is 749. The summed E-state index contributed by atoms with van der Waals surface area (Å²) in [6.45, 7) is 5.96. The number of amides is 1. The monoisotopic (exact) mass is 325 g/mol. The van der Waals surface area contributed by atoms with Crippen molar-refractivity contribution in [2.75, 3.05) is 19.8 Å². The van der Waals surface area contributed by atoms with Gasteiger partial charge in [0.05, 0.1) is 30.6 Å². The molecule has 5 nitrogen and oxygen atoms in total. The van der Waals surface area contributed by atoms with E-state index in [4.69, 9.17) is 9.84 Å². The first kappa shape index (κ1) is 15.4. The minimum atomic E-state index is -0.0238. The Morgan fingerprint density at radius 3 is 2.67 bits per heavy atom. The number of aromatic nitrogens is 2. The van der Waals surface area contributed by atoms with Gasteiger partial charge >= 0.3 is 0 Å². The van der Waals surface area contributed by atoms with E-state index in [0.717, 1.165) is 35.5 Å². The van der Waals surface area contributed by atoms with Gasteiger partial charge in [-0.3, -0.25) is 4.79 Å². The van der Waals surface area contributed by atoms with Gasteiger partial charge in [-0.25, -0.2) is 4.68 Å². The van der Waals surface area contributed by atoms with Crippen LogP contribution in [0, 0.1) is 19.8 Å². The Hall–Kier alpha value is -2.14. The fourth-order valence-electron chi connectivity index (χ4n) is 3.63. The summed E-state index contributed by atoms with van der Waals surface area (Å²) in [5.74, 6) is 0.518. The molecule has 1 aliphatic heterocycles. The van der Waals surface area contributed by atoms with Gasteiger partial charge in [-0.1, -0.05) is 18.2 Å². The number of rotatable bonds is 3. The van der Waals surface area contributed by atoms with Gasteiger partial charge in [0.1, 0.15) is 0 Å². The number of para-hydroxylation sites is 1. The molecule has 1 amide bonds. The molecular weight excluding hydrogens is 302 g/mol. The topological polar surface area (TPSA) is 47.4 Å². The van der Waals surface area contributed by atoms with Gasteiger partial charge in [0.2, 0.25) is 5.91 Å². The fraction of sp³-hybridized carbons (Fsp3) is 0.474. The van der Waals surface area contributed by atoms with Gasteiger partial charge in [-0.2, -0.15) is 5.10 Å². The summed E-state index contributed by atoms with van der Waals surface area (Å²) in [4.78, 5) is 14.7. The van der Waals surface area contributed by atoms with Crippen LogP contribution in [0.15, 0.2) is 30.3 Å². The van der Waals surface area contributed by atoms with Crippen LogP contribution >= 0.6 is 0 Å². The highest BCUT2D eigenvalue weighted by molar-refractivity contribution is 5.81. The first-order chi connectivity index (χ1) is 11.7. The molecule has 0 radical (unpaired) electrons. The Kier molecular flexibility index (Phi) is 3.88. The van der Waals surface area contributed by atoms with Crippen LogP contribution in [0.5, 0.6) is 0 Å². The van der Waals surface area contributed by atoms with E-state index in [-0.39, 0.29) is 17.9 Å². The van der Waals surface area contributed by atoms with Crippen LogP contribution in [0.4, 0.5) is 0 Å². The average Bonchev–Trinajstić information content (AvgIpc) is 3.41. The number of ether oxygens (including phenoxy) is 1. The zero-order valence-corrected chi connectivity index (χ0v) is 14.2. The van der Waals surface area contributed by atoms with Crippen LogP contribution in [-0.4, -0.2) is 40.3 Å². The number of carbonyl (C=O) groups is 1. The number of hydrogen-bond donors (Lipinski definition) is 0. The summed E-state index contributed by atoms with van der Waals surface area (Å²) in [5, 5.41) is 4.73. The summed E-state index contributed by atoms with van der Waals surface area (Å²) >= 11 is 0. The van der Waals surface area contributed by atoms with Crippen molar-refractivity contribution >= 4 is 5.91 Å². The predicted octanol–water partition coefficient (Wildman–Crippen LogP) is 2.80. The van der Waals surface area contributed by atoms with Crippen molar-refractivity contribution in [1.82, 2.24) is 14.7 Å². The number of nitrogens with zero attached hydrogens (tertiary/aromatic N) is 3. The van der Waals surface area contributed by atoms with E-state index >= 15 is 0 Å². The predicted molar refractivity (Wildman–Crippen MR) is 91.0 cm³/mol. The number of morpholine rings is 1. The molecule has 1 aromatic heterocycles. The molecule has 0 spiro atoms. The maximum atomic E-state index is 12.7. The maximum absolute atomic E-state index is 12.7. The molecule has 1 aromatic carbocycles. The van der Waals surface area contributed by atoms with Gasteiger partial charge in [0, 0.05) is 23.7 Å². The lowest BCUT2D eigenvalue weighted by atomic mass is 10.0. The lowest BCUT2D eigenvalue weighted by Gasteiger charge is -2.36. The van der Waals surface area contributed by atoms with E-state index in [1.54, 1.807) is 0 Å². The summed E-state index contributed by atoms with van der Waals surface area (Å²) in [6.07, 6.45) is 2.06. The molecule has 2 heterocycles. The molecule has 2 aliphatic rings. The largest absolute Gasteiger partial charge is 0.377 e. The average molecular weight is 325 g/mol. The standard InChI is InChI=1S/C19H23N3O2/c1-13-18(14(2)22(20-13)16-6-4-3-5-7-16)17-12-24-11-10-21(17)19(23)15-8-9-15/h3-7,15,17H,8-12H2,1-2H3. The van der Waals surface area contributed by atoms with Crippen molar-refractivity contribution in [2.24, 2.45) is 5.92 Å². The quantitative estimate of drug-likeness (QED) is 0.872. The van der Waals surface area contributed by atoms with Crippen LogP contribution in [0.25, 0.3) is 5.69 Å². The Morgan fingerprint density at radius 2 is 1.96 bits per heavy atom. The third kappa shape index (κ3) is 2.63. The summed E-state index contributed by atoms with van der Waals surface area (Å²) in [7, 11) is 0.